The molecule has 0 spiro atoms. The molecule has 0 amide bonds. The number of allylic oxidation sites excluding steroid dienone is 1. The highest BCUT2D eigenvalue weighted by molar-refractivity contribution is 5.79. The van der Waals surface area contributed by atoms with Crippen molar-refractivity contribution >= 4 is 22.7 Å². The summed E-state index contributed by atoms with van der Waals surface area (Å²) < 4.78 is 0. The maximum atomic E-state index is 10.7. The van der Waals surface area contributed by atoms with Gasteiger partial charge >= 0.3 is 0 Å². The first-order valence-corrected chi connectivity index (χ1v) is 6.28. The Hall–Kier alpha value is -2.37. The van der Waals surface area contributed by atoms with Crippen molar-refractivity contribution in [3.63, 3.8) is 0 Å². The summed E-state index contributed by atoms with van der Waals surface area (Å²) in [7, 11) is 0. The molecule has 0 saturated carbocycles. The van der Waals surface area contributed by atoms with E-state index in [1.807, 2.05) is 0 Å². The van der Waals surface area contributed by atoms with E-state index in [2.05, 4.69) is 27.4 Å². The lowest BCUT2D eigenvalue weighted by atomic mass is 10.0. The lowest BCUT2D eigenvalue weighted by Gasteiger charge is -2.18. The summed E-state index contributed by atoms with van der Waals surface area (Å²) in [5.74, 6) is 0.677. The van der Waals surface area contributed by atoms with E-state index in [1.165, 1.54) is 12.1 Å². The normalized spacial score (nSPS) is 18.6. The number of rotatable bonds is 3. The van der Waals surface area contributed by atoms with Gasteiger partial charge < -0.3 is 10.3 Å². The molecule has 2 N–H and O–H groups in total. The van der Waals surface area contributed by atoms with Crippen molar-refractivity contribution in [2.45, 2.75) is 25.3 Å². The molecule has 1 aromatic heterocycles. The number of fused-ring (bicyclic) bond motifs is 1. The van der Waals surface area contributed by atoms with Gasteiger partial charge in [-0.05, 0) is 25.3 Å². The van der Waals surface area contributed by atoms with Gasteiger partial charge in [0.1, 0.15) is 0 Å². The summed E-state index contributed by atoms with van der Waals surface area (Å²) in [5, 5.41) is 14.0. The van der Waals surface area contributed by atoms with Crippen molar-refractivity contribution in [2.75, 3.05) is 5.32 Å². The van der Waals surface area contributed by atoms with Crippen molar-refractivity contribution in [1.29, 1.82) is 0 Å². The van der Waals surface area contributed by atoms with Crippen LogP contribution in [0, 0.1) is 10.1 Å². The molecule has 0 fully saturated rings. The molecule has 1 heterocycles. The van der Waals surface area contributed by atoms with E-state index in [0.29, 0.717) is 17.5 Å². The minimum absolute atomic E-state index is 0.0725. The molecule has 1 aliphatic rings. The third-order valence-corrected chi connectivity index (χ3v) is 3.29. The Kier molecular flexibility index (Phi) is 2.91. The second-order valence-electron chi connectivity index (χ2n) is 4.67. The third kappa shape index (κ3) is 2.42. The molecule has 2 aromatic rings. The van der Waals surface area contributed by atoms with Crippen LogP contribution in [0.1, 0.15) is 19.3 Å². The number of nitro groups is 1. The van der Waals surface area contributed by atoms with Gasteiger partial charge in [0, 0.05) is 18.2 Å². The molecular weight excluding hydrogens is 244 g/mol. The van der Waals surface area contributed by atoms with Crippen molar-refractivity contribution < 1.29 is 4.92 Å². The van der Waals surface area contributed by atoms with E-state index >= 15 is 0 Å². The van der Waals surface area contributed by atoms with Crippen LogP contribution in [-0.4, -0.2) is 20.9 Å². The van der Waals surface area contributed by atoms with Crippen molar-refractivity contribution in [2.24, 2.45) is 0 Å². The lowest BCUT2D eigenvalue weighted by Crippen LogP contribution is -2.20. The van der Waals surface area contributed by atoms with Crippen LogP contribution < -0.4 is 5.32 Å². The van der Waals surface area contributed by atoms with Gasteiger partial charge in [0.2, 0.25) is 5.95 Å². The van der Waals surface area contributed by atoms with Crippen LogP contribution in [0.25, 0.3) is 11.0 Å². The van der Waals surface area contributed by atoms with Gasteiger partial charge in [0.25, 0.3) is 5.69 Å². The summed E-state index contributed by atoms with van der Waals surface area (Å²) >= 11 is 0. The molecule has 1 aliphatic carbocycles. The SMILES string of the molecule is O=[N+]([O-])c1ccc2nc(NC3CC=CCC3)[nH]c2c1. The largest absolute Gasteiger partial charge is 0.353 e. The molecule has 6 heteroatoms. The zero-order valence-electron chi connectivity index (χ0n) is 10.3. The summed E-state index contributed by atoms with van der Waals surface area (Å²) in [5.41, 5.74) is 1.49. The highest BCUT2D eigenvalue weighted by Gasteiger charge is 2.13. The van der Waals surface area contributed by atoms with Crippen LogP contribution in [0.3, 0.4) is 0 Å². The Morgan fingerprint density at radius 1 is 1.42 bits per heavy atom. The maximum Gasteiger partial charge on any atom is 0.271 e. The van der Waals surface area contributed by atoms with Gasteiger partial charge in [-0.3, -0.25) is 10.1 Å². The molecule has 98 valence electrons. The number of aromatic amines is 1. The molecular formula is C13H14N4O2. The first-order chi connectivity index (χ1) is 9.22. The summed E-state index contributed by atoms with van der Waals surface area (Å²) in [4.78, 5) is 17.8. The van der Waals surface area contributed by atoms with Gasteiger partial charge in [-0.15, -0.1) is 0 Å². The monoisotopic (exact) mass is 258 g/mol. The first kappa shape index (κ1) is 11.7. The number of H-pyrrole nitrogens is 1. The van der Waals surface area contributed by atoms with Crippen LogP contribution in [-0.2, 0) is 0 Å². The molecule has 0 radical (unpaired) electrons. The second-order valence-corrected chi connectivity index (χ2v) is 4.67. The van der Waals surface area contributed by atoms with Crippen LogP contribution >= 0.6 is 0 Å². The van der Waals surface area contributed by atoms with Crippen molar-refractivity contribution in [3.05, 3.63) is 40.5 Å². The van der Waals surface area contributed by atoms with Crippen LogP contribution in [0.5, 0.6) is 0 Å². The molecule has 19 heavy (non-hydrogen) atoms. The van der Waals surface area contributed by atoms with Crippen molar-refractivity contribution in [3.8, 4) is 0 Å². The lowest BCUT2D eigenvalue weighted by molar-refractivity contribution is -0.384. The number of imidazole rings is 1. The second kappa shape index (κ2) is 4.72. The van der Waals surface area contributed by atoms with Crippen LogP contribution in [0.4, 0.5) is 11.6 Å². The van der Waals surface area contributed by atoms with Crippen molar-refractivity contribution in [1.82, 2.24) is 9.97 Å². The number of nitrogens with one attached hydrogen (secondary N) is 2. The predicted octanol–water partition coefficient (Wildman–Crippen LogP) is 2.99. The molecule has 3 rings (SSSR count). The number of benzene rings is 1. The summed E-state index contributed by atoms with van der Waals surface area (Å²) in [6.07, 6.45) is 7.48. The number of nitro benzene ring substituents is 1. The number of hydrogen-bond acceptors (Lipinski definition) is 4. The van der Waals surface area contributed by atoms with E-state index in [9.17, 15) is 10.1 Å². The van der Waals surface area contributed by atoms with Crippen LogP contribution in [0.2, 0.25) is 0 Å². The molecule has 0 aliphatic heterocycles. The fourth-order valence-corrected chi connectivity index (χ4v) is 2.30. The van der Waals surface area contributed by atoms with E-state index in [4.69, 9.17) is 0 Å². The molecule has 1 unspecified atom stereocenters. The quantitative estimate of drug-likeness (QED) is 0.503. The summed E-state index contributed by atoms with van der Waals surface area (Å²) in [6.45, 7) is 0. The highest BCUT2D eigenvalue weighted by atomic mass is 16.6. The van der Waals surface area contributed by atoms with Gasteiger partial charge in [0.15, 0.2) is 0 Å². The van der Waals surface area contributed by atoms with E-state index < -0.39 is 4.92 Å². The first-order valence-electron chi connectivity index (χ1n) is 6.28. The highest BCUT2D eigenvalue weighted by Crippen LogP contribution is 2.22. The van der Waals surface area contributed by atoms with Gasteiger partial charge in [0.05, 0.1) is 16.0 Å². The smallest absolute Gasteiger partial charge is 0.271 e. The average Bonchev–Trinajstić information content (AvgIpc) is 2.80. The minimum Gasteiger partial charge on any atom is -0.353 e. The molecule has 1 aromatic carbocycles. The number of anilines is 1. The molecule has 0 saturated heterocycles. The Morgan fingerprint density at radius 3 is 3.05 bits per heavy atom. The Balaban J connectivity index is 1.84. The number of non-ortho nitro benzene ring substituents is 1. The van der Waals surface area contributed by atoms with Crippen LogP contribution in [0.15, 0.2) is 30.4 Å². The van der Waals surface area contributed by atoms with Gasteiger partial charge in [-0.25, -0.2) is 4.98 Å². The fourth-order valence-electron chi connectivity index (χ4n) is 2.30. The fraction of sp³-hybridized carbons (Fsp3) is 0.308. The predicted molar refractivity (Wildman–Crippen MR) is 73.1 cm³/mol. The maximum absolute atomic E-state index is 10.7. The number of nitrogens with zero attached hydrogens (tertiary/aromatic N) is 2. The summed E-state index contributed by atoms with van der Waals surface area (Å²) in [6, 6.07) is 5.01. The Labute approximate surface area is 109 Å². The zero-order valence-corrected chi connectivity index (χ0v) is 10.3. The number of hydrogen-bond donors (Lipinski definition) is 2. The van der Waals surface area contributed by atoms with E-state index in [0.717, 1.165) is 24.8 Å². The molecule has 0 bridgehead atoms. The zero-order chi connectivity index (χ0) is 13.2. The minimum atomic E-state index is -0.403. The van der Waals surface area contributed by atoms with Gasteiger partial charge in [-0.2, -0.15) is 0 Å². The van der Waals surface area contributed by atoms with E-state index in [1.54, 1.807) is 6.07 Å². The molecule has 6 nitrogen and oxygen atoms in total. The van der Waals surface area contributed by atoms with Gasteiger partial charge in [-0.1, -0.05) is 12.2 Å². The average molecular weight is 258 g/mol. The number of aromatic nitrogens is 2. The van der Waals surface area contributed by atoms with E-state index in [-0.39, 0.29) is 5.69 Å². The standard InChI is InChI=1S/C13H14N4O2/c18-17(19)10-6-7-11-12(8-10)16-13(15-11)14-9-4-2-1-3-5-9/h1-2,6-9H,3-5H2,(H2,14,15,16). The third-order valence-electron chi connectivity index (χ3n) is 3.29. The topological polar surface area (TPSA) is 83.8 Å². The Bertz CT molecular complexity index is 647. The molecule has 1 atom stereocenters. The Morgan fingerprint density at radius 2 is 2.32 bits per heavy atom.